The molecule has 0 bridgehead atoms. The molecule has 6 nitrogen and oxygen atoms in total. The average molecular weight is 450 g/mol. The molecular weight excluding hydrogens is 426 g/mol. The standard InChI is InChI=1S/C25H24ClN3O3/c1-25(2,3)19-10-4-16(5-11-19)22(30)27-21-14-8-18(9-15-21)24(32)29-28-23(31)17-6-12-20(26)13-7-17/h4-15H,1-3H3,(H,27,30)(H,28,31)(H,29,32). The molecule has 0 unspecified atom stereocenters. The molecule has 7 heteroatoms. The van der Waals surface area contributed by atoms with Crippen molar-refractivity contribution >= 4 is 35.0 Å². The van der Waals surface area contributed by atoms with E-state index in [9.17, 15) is 14.4 Å². The number of anilines is 1. The molecule has 0 aliphatic carbocycles. The van der Waals surface area contributed by atoms with Crippen molar-refractivity contribution in [1.29, 1.82) is 0 Å². The summed E-state index contributed by atoms with van der Waals surface area (Å²) in [5, 5.41) is 3.32. The van der Waals surface area contributed by atoms with Crippen LogP contribution in [0.3, 0.4) is 0 Å². The highest BCUT2D eigenvalue weighted by Gasteiger charge is 2.15. The van der Waals surface area contributed by atoms with Crippen LogP contribution in [-0.2, 0) is 5.41 Å². The minimum atomic E-state index is -0.483. The van der Waals surface area contributed by atoms with Crippen LogP contribution in [0, 0.1) is 0 Å². The Kier molecular flexibility index (Phi) is 6.95. The Morgan fingerprint density at radius 1 is 0.625 bits per heavy atom. The maximum Gasteiger partial charge on any atom is 0.269 e. The summed E-state index contributed by atoms with van der Waals surface area (Å²) in [6.45, 7) is 6.34. The van der Waals surface area contributed by atoms with Crippen LogP contribution in [0.4, 0.5) is 5.69 Å². The molecule has 0 fully saturated rings. The molecule has 3 amide bonds. The predicted octanol–water partition coefficient (Wildman–Crippen LogP) is 4.96. The summed E-state index contributed by atoms with van der Waals surface area (Å²) in [6, 6.07) is 20.1. The first-order valence-electron chi connectivity index (χ1n) is 10.0. The van der Waals surface area contributed by atoms with E-state index in [2.05, 4.69) is 36.9 Å². The van der Waals surface area contributed by atoms with Gasteiger partial charge in [0.25, 0.3) is 17.7 Å². The van der Waals surface area contributed by atoms with E-state index in [0.29, 0.717) is 27.4 Å². The summed E-state index contributed by atoms with van der Waals surface area (Å²) in [5.74, 6) is -1.18. The number of amides is 3. The Hall–Kier alpha value is -3.64. The van der Waals surface area contributed by atoms with Crippen molar-refractivity contribution in [1.82, 2.24) is 10.9 Å². The molecule has 0 saturated carbocycles. The first-order valence-corrected chi connectivity index (χ1v) is 10.4. The Morgan fingerprint density at radius 3 is 1.50 bits per heavy atom. The summed E-state index contributed by atoms with van der Waals surface area (Å²) in [7, 11) is 0. The summed E-state index contributed by atoms with van der Waals surface area (Å²) in [4.78, 5) is 36.8. The highest BCUT2D eigenvalue weighted by atomic mass is 35.5. The smallest absolute Gasteiger partial charge is 0.269 e. The van der Waals surface area contributed by atoms with Gasteiger partial charge in [0.05, 0.1) is 0 Å². The van der Waals surface area contributed by atoms with Gasteiger partial charge in [0.2, 0.25) is 0 Å². The number of benzene rings is 3. The second-order valence-corrected chi connectivity index (χ2v) is 8.71. The first-order chi connectivity index (χ1) is 15.1. The van der Waals surface area contributed by atoms with Crippen molar-refractivity contribution in [2.45, 2.75) is 26.2 Å². The maximum absolute atomic E-state index is 12.5. The van der Waals surface area contributed by atoms with E-state index in [4.69, 9.17) is 11.6 Å². The van der Waals surface area contributed by atoms with Crippen LogP contribution in [0.15, 0.2) is 72.8 Å². The zero-order valence-electron chi connectivity index (χ0n) is 18.0. The lowest BCUT2D eigenvalue weighted by atomic mass is 9.87. The molecule has 32 heavy (non-hydrogen) atoms. The monoisotopic (exact) mass is 449 g/mol. The second kappa shape index (κ2) is 9.66. The molecule has 0 saturated heterocycles. The van der Waals surface area contributed by atoms with Gasteiger partial charge in [-0.15, -0.1) is 0 Å². The van der Waals surface area contributed by atoms with Crippen LogP contribution in [0.2, 0.25) is 5.02 Å². The van der Waals surface area contributed by atoms with Gasteiger partial charge in [0.1, 0.15) is 0 Å². The Bertz CT molecular complexity index is 1120. The topological polar surface area (TPSA) is 87.3 Å². The molecular formula is C25H24ClN3O3. The minimum absolute atomic E-state index is 0.0136. The van der Waals surface area contributed by atoms with Gasteiger partial charge in [-0.1, -0.05) is 44.5 Å². The SMILES string of the molecule is CC(C)(C)c1ccc(C(=O)Nc2ccc(C(=O)NNC(=O)c3ccc(Cl)cc3)cc2)cc1. The minimum Gasteiger partial charge on any atom is -0.322 e. The molecule has 0 aromatic heterocycles. The predicted molar refractivity (Wildman–Crippen MR) is 126 cm³/mol. The van der Waals surface area contributed by atoms with Crippen molar-refractivity contribution < 1.29 is 14.4 Å². The lowest BCUT2D eigenvalue weighted by Gasteiger charge is -2.19. The highest BCUT2D eigenvalue weighted by Crippen LogP contribution is 2.22. The van der Waals surface area contributed by atoms with Crippen molar-refractivity contribution in [3.63, 3.8) is 0 Å². The van der Waals surface area contributed by atoms with E-state index in [0.717, 1.165) is 5.56 Å². The number of hydrogen-bond acceptors (Lipinski definition) is 3. The van der Waals surface area contributed by atoms with E-state index >= 15 is 0 Å². The molecule has 3 aromatic carbocycles. The van der Waals surface area contributed by atoms with Crippen molar-refractivity contribution in [3.05, 3.63) is 100 Å². The molecule has 0 aliphatic heterocycles. The fourth-order valence-corrected chi connectivity index (χ4v) is 3.01. The lowest BCUT2D eigenvalue weighted by molar-refractivity contribution is 0.0846. The first kappa shape index (κ1) is 23.0. The van der Waals surface area contributed by atoms with Crippen LogP contribution in [0.25, 0.3) is 0 Å². The molecule has 3 rings (SSSR count). The average Bonchev–Trinajstić information content (AvgIpc) is 2.77. The zero-order valence-corrected chi connectivity index (χ0v) is 18.8. The fourth-order valence-electron chi connectivity index (χ4n) is 2.89. The molecule has 0 aliphatic rings. The molecule has 0 spiro atoms. The van der Waals surface area contributed by atoms with Gasteiger partial charge in [0, 0.05) is 27.4 Å². The summed E-state index contributed by atoms with van der Waals surface area (Å²) in [6.07, 6.45) is 0. The van der Waals surface area contributed by atoms with Gasteiger partial charge >= 0.3 is 0 Å². The van der Waals surface area contributed by atoms with Gasteiger partial charge in [0.15, 0.2) is 0 Å². The largest absolute Gasteiger partial charge is 0.322 e. The number of carbonyl (C=O) groups excluding carboxylic acids is 3. The Balaban J connectivity index is 1.56. The van der Waals surface area contributed by atoms with Gasteiger partial charge in [-0.05, 0) is 71.6 Å². The van der Waals surface area contributed by atoms with Crippen molar-refractivity contribution in [2.24, 2.45) is 0 Å². The Labute approximate surface area is 192 Å². The third-order valence-corrected chi connectivity index (χ3v) is 5.07. The highest BCUT2D eigenvalue weighted by molar-refractivity contribution is 6.30. The molecule has 3 aromatic rings. The molecule has 0 atom stereocenters. The van der Waals surface area contributed by atoms with E-state index < -0.39 is 11.8 Å². The summed E-state index contributed by atoms with van der Waals surface area (Å²) in [5.41, 5.74) is 7.66. The number of carbonyl (C=O) groups is 3. The van der Waals surface area contributed by atoms with E-state index in [1.165, 1.54) is 0 Å². The van der Waals surface area contributed by atoms with Crippen molar-refractivity contribution in [3.8, 4) is 0 Å². The molecule has 0 heterocycles. The van der Waals surface area contributed by atoms with Crippen LogP contribution >= 0.6 is 11.6 Å². The zero-order chi connectivity index (χ0) is 23.3. The van der Waals surface area contributed by atoms with E-state index in [-0.39, 0.29) is 11.3 Å². The lowest BCUT2D eigenvalue weighted by Crippen LogP contribution is -2.41. The second-order valence-electron chi connectivity index (χ2n) is 8.27. The number of nitrogens with one attached hydrogen (secondary N) is 3. The summed E-state index contributed by atoms with van der Waals surface area (Å²) >= 11 is 5.80. The number of hydrogen-bond donors (Lipinski definition) is 3. The van der Waals surface area contributed by atoms with Gasteiger partial charge in [-0.25, -0.2) is 0 Å². The van der Waals surface area contributed by atoms with Gasteiger partial charge in [-0.3, -0.25) is 25.2 Å². The third-order valence-electron chi connectivity index (χ3n) is 4.81. The van der Waals surface area contributed by atoms with Crippen LogP contribution in [0.1, 0.15) is 57.4 Å². The third kappa shape index (κ3) is 5.95. The Morgan fingerprint density at radius 2 is 1.03 bits per heavy atom. The van der Waals surface area contributed by atoms with Crippen LogP contribution in [0.5, 0.6) is 0 Å². The number of rotatable bonds is 4. The van der Waals surface area contributed by atoms with Gasteiger partial charge in [-0.2, -0.15) is 0 Å². The maximum atomic E-state index is 12.5. The fraction of sp³-hybridized carbons (Fsp3) is 0.160. The van der Waals surface area contributed by atoms with Crippen molar-refractivity contribution in [2.75, 3.05) is 5.32 Å². The van der Waals surface area contributed by atoms with Crippen LogP contribution in [-0.4, -0.2) is 17.7 Å². The molecule has 164 valence electrons. The number of halogens is 1. The van der Waals surface area contributed by atoms with E-state index in [1.54, 1.807) is 60.7 Å². The van der Waals surface area contributed by atoms with Gasteiger partial charge < -0.3 is 5.32 Å². The van der Waals surface area contributed by atoms with Crippen LogP contribution < -0.4 is 16.2 Å². The van der Waals surface area contributed by atoms with E-state index in [1.807, 2.05) is 12.1 Å². The summed E-state index contributed by atoms with van der Waals surface area (Å²) < 4.78 is 0. The molecule has 3 N–H and O–H groups in total. The molecule has 0 radical (unpaired) electrons. The normalized spacial score (nSPS) is 10.9. The number of hydrazine groups is 1. The quantitative estimate of drug-likeness (QED) is 0.492.